The van der Waals surface area contributed by atoms with Gasteiger partial charge in [0.05, 0.1) is 6.42 Å². The molecule has 0 saturated carbocycles. The number of rotatable bonds is 3. The van der Waals surface area contributed by atoms with Gasteiger partial charge in [-0.05, 0) is 19.4 Å². The summed E-state index contributed by atoms with van der Waals surface area (Å²) in [6.45, 7) is 7.30. The fraction of sp³-hybridized carbons (Fsp3) is 0.385. The highest BCUT2D eigenvalue weighted by Gasteiger charge is 2.09. The first-order chi connectivity index (χ1) is 7.11. The summed E-state index contributed by atoms with van der Waals surface area (Å²) in [7, 11) is 0. The van der Waals surface area contributed by atoms with Gasteiger partial charge in [0.15, 0.2) is 5.78 Å². The summed E-state index contributed by atoms with van der Waals surface area (Å²) in [5.74, 6) is -0.182. The van der Waals surface area contributed by atoms with Gasteiger partial charge in [0.25, 0.3) is 0 Å². The van der Waals surface area contributed by atoms with Crippen molar-refractivity contribution in [3.63, 3.8) is 0 Å². The monoisotopic (exact) mass is 206 g/mol. The predicted molar refractivity (Wildman–Crippen MR) is 62.2 cm³/mol. The molecule has 0 amide bonds. The van der Waals surface area contributed by atoms with Gasteiger partial charge in [0.2, 0.25) is 0 Å². The molecule has 0 saturated heterocycles. The van der Waals surface area contributed by atoms with E-state index in [4.69, 9.17) is 0 Å². The number of hydrogen-bond acceptors (Lipinski definition) is 2. The lowest BCUT2D eigenvalue weighted by Gasteiger charge is -2.01. The SMILES string of the molecule is CC.CC(=O)CC(=O)c1ccccc1C. The van der Waals surface area contributed by atoms with Crippen molar-refractivity contribution in [2.75, 3.05) is 0 Å². The summed E-state index contributed by atoms with van der Waals surface area (Å²) >= 11 is 0. The standard InChI is InChI=1S/C11H12O2.C2H6/c1-8-5-3-4-6-10(8)11(13)7-9(2)12;1-2/h3-6H,7H2,1-2H3;1-2H3. The summed E-state index contributed by atoms with van der Waals surface area (Å²) in [6.07, 6.45) is 0.00481. The molecule has 2 heteroatoms. The molecule has 0 unspecified atom stereocenters. The molecule has 0 spiro atoms. The molecular weight excluding hydrogens is 188 g/mol. The van der Waals surface area contributed by atoms with Crippen LogP contribution in [-0.2, 0) is 4.79 Å². The molecule has 0 atom stereocenters. The van der Waals surface area contributed by atoms with Gasteiger partial charge in [-0.1, -0.05) is 38.1 Å². The number of hydrogen-bond donors (Lipinski definition) is 0. The van der Waals surface area contributed by atoms with Crippen LogP contribution in [0, 0.1) is 6.92 Å². The lowest BCUT2D eigenvalue weighted by atomic mass is 10.0. The van der Waals surface area contributed by atoms with E-state index in [0.29, 0.717) is 5.56 Å². The van der Waals surface area contributed by atoms with E-state index in [1.54, 1.807) is 12.1 Å². The first-order valence-corrected chi connectivity index (χ1v) is 5.19. The number of benzene rings is 1. The average molecular weight is 206 g/mol. The zero-order chi connectivity index (χ0) is 11.8. The maximum Gasteiger partial charge on any atom is 0.170 e. The van der Waals surface area contributed by atoms with Gasteiger partial charge in [0.1, 0.15) is 5.78 Å². The van der Waals surface area contributed by atoms with E-state index in [1.165, 1.54) is 6.92 Å². The van der Waals surface area contributed by atoms with Gasteiger partial charge in [-0.3, -0.25) is 9.59 Å². The highest BCUT2D eigenvalue weighted by Crippen LogP contribution is 2.09. The van der Waals surface area contributed by atoms with Crippen molar-refractivity contribution in [2.24, 2.45) is 0 Å². The number of Topliss-reactive ketones (excluding diaryl/α,β-unsaturated/α-hetero) is 2. The van der Waals surface area contributed by atoms with E-state index in [-0.39, 0.29) is 18.0 Å². The van der Waals surface area contributed by atoms with Crippen molar-refractivity contribution < 1.29 is 9.59 Å². The van der Waals surface area contributed by atoms with E-state index in [0.717, 1.165) is 5.56 Å². The maximum atomic E-state index is 11.5. The molecule has 0 aromatic heterocycles. The summed E-state index contributed by atoms with van der Waals surface area (Å²) < 4.78 is 0. The van der Waals surface area contributed by atoms with Gasteiger partial charge >= 0.3 is 0 Å². The maximum absolute atomic E-state index is 11.5. The first-order valence-electron chi connectivity index (χ1n) is 5.19. The second-order valence-electron chi connectivity index (χ2n) is 3.12. The molecule has 2 nitrogen and oxygen atoms in total. The van der Waals surface area contributed by atoms with Crippen LogP contribution in [0.1, 0.15) is 43.1 Å². The molecule has 0 aliphatic heterocycles. The van der Waals surface area contributed by atoms with Crippen LogP contribution < -0.4 is 0 Å². The highest BCUT2D eigenvalue weighted by molar-refractivity contribution is 6.08. The highest BCUT2D eigenvalue weighted by atomic mass is 16.1. The fourth-order valence-corrected chi connectivity index (χ4v) is 1.21. The first kappa shape index (κ1) is 13.6. The topological polar surface area (TPSA) is 34.1 Å². The third kappa shape index (κ3) is 4.54. The molecule has 1 aromatic carbocycles. The van der Waals surface area contributed by atoms with Crippen molar-refractivity contribution in [1.29, 1.82) is 0 Å². The Morgan fingerprint density at radius 3 is 2.13 bits per heavy atom. The Morgan fingerprint density at radius 2 is 1.67 bits per heavy atom. The van der Waals surface area contributed by atoms with Crippen LogP contribution >= 0.6 is 0 Å². The summed E-state index contributed by atoms with van der Waals surface area (Å²) in [4.78, 5) is 22.2. The molecule has 0 bridgehead atoms. The average Bonchev–Trinajstić information content (AvgIpc) is 2.20. The molecule has 0 N–H and O–H groups in total. The zero-order valence-corrected chi connectivity index (χ0v) is 9.83. The molecule has 1 rings (SSSR count). The third-order valence-corrected chi connectivity index (χ3v) is 1.85. The Bertz CT molecular complexity index is 340. The molecule has 0 radical (unpaired) electrons. The molecule has 0 heterocycles. The van der Waals surface area contributed by atoms with E-state index in [2.05, 4.69) is 0 Å². The third-order valence-electron chi connectivity index (χ3n) is 1.85. The predicted octanol–water partition coefficient (Wildman–Crippen LogP) is 3.18. The largest absolute Gasteiger partial charge is 0.300 e. The molecular formula is C13H18O2. The van der Waals surface area contributed by atoms with Crippen LogP contribution in [0.3, 0.4) is 0 Å². The lowest BCUT2D eigenvalue weighted by Crippen LogP contribution is -2.06. The minimum Gasteiger partial charge on any atom is -0.300 e. The van der Waals surface area contributed by atoms with Crippen LogP contribution in [0.25, 0.3) is 0 Å². The van der Waals surface area contributed by atoms with E-state index in [9.17, 15) is 9.59 Å². The molecule has 82 valence electrons. The van der Waals surface area contributed by atoms with Crippen molar-refractivity contribution in [3.05, 3.63) is 35.4 Å². The molecule has 0 fully saturated rings. The van der Waals surface area contributed by atoms with Crippen molar-refractivity contribution >= 4 is 11.6 Å². The van der Waals surface area contributed by atoms with Crippen LogP contribution in [0.4, 0.5) is 0 Å². The zero-order valence-electron chi connectivity index (χ0n) is 9.83. The van der Waals surface area contributed by atoms with Gasteiger partial charge in [0, 0.05) is 5.56 Å². The van der Waals surface area contributed by atoms with E-state index in [1.807, 2.05) is 32.9 Å². The van der Waals surface area contributed by atoms with Gasteiger partial charge in [-0.15, -0.1) is 0 Å². The number of ketones is 2. The van der Waals surface area contributed by atoms with Crippen LogP contribution in [0.2, 0.25) is 0 Å². The van der Waals surface area contributed by atoms with Crippen molar-refractivity contribution in [1.82, 2.24) is 0 Å². The Kier molecular flexibility index (Phi) is 6.27. The number of carbonyl (C=O) groups excluding carboxylic acids is 2. The number of carbonyl (C=O) groups is 2. The lowest BCUT2D eigenvalue weighted by molar-refractivity contribution is -0.116. The smallest absolute Gasteiger partial charge is 0.170 e. The van der Waals surface area contributed by atoms with Gasteiger partial charge < -0.3 is 0 Å². The number of aryl methyl sites for hydroxylation is 1. The minimum atomic E-state index is -0.0920. The second-order valence-corrected chi connectivity index (χ2v) is 3.12. The molecule has 0 aliphatic rings. The summed E-state index contributed by atoms with van der Waals surface area (Å²) in [5, 5.41) is 0. The van der Waals surface area contributed by atoms with Crippen molar-refractivity contribution in [2.45, 2.75) is 34.1 Å². The Balaban J connectivity index is 0.000000921. The van der Waals surface area contributed by atoms with E-state index >= 15 is 0 Å². The molecule has 0 aliphatic carbocycles. The fourth-order valence-electron chi connectivity index (χ4n) is 1.21. The quantitative estimate of drug-likeness (QED) is 0.562. The second kappa shape index (κ2) is 6.93. The van der Waals surface area contributed by atoms with Gasteiger partial charge in [-0.2, -0.15) is 0 Å². The van der Waals surface area contributed by atoms with Crippen molar-refractivity contribution in [3.8, 4) is 0 Å². The minimum absolute atomic E-state index is 0.00481. The molecule has 15 heavy (non-hydrogen) atoms. The molecule has 1 aromatic rings. The van der Waals surface area contributed by atoms with E-state index < -0.39 is 0 Å². The normalized spacial score (nSPS) is 8.80. The Hall–Kier alpha value is -1.44. The Morgan fingerprint density at radius 1 is 1.13 bits per heavy atom. The Labute approximate surface area is 91.3 Å². The van der Waals surface area contributed by atoms with Crippen LogP contribution in [-0.4, -0.2) is 11.6 Å². The summed E-state index contributed by atoms with van der Waals surface area (Å²) in [6, 6.07) is 7.30. The van der Waals surface area contributed by atoms with Crippen LogP contribution in [0.15, 0.2) is 24.3 Å². The van der Waals surface area contributed by atoms with Crippen LogP contribution in [0.5, 0.6) is 0 Å². The van der Waals surface area contributed by atoms with Gasteiger partial charge in [-0.25, -0.2) is 0 Å². The summed E-state index contributed by atoms with van der Waals surface area (Å²) in [5.41, 5.74) is 1.58.